The summed E-state index contributed by atoms with van der Waals surface area (Å²) in [5.74, 6) is 1.79. The lowest BCUT2D eigenvalue weighted by Crippen LogP contribution is -2.49. The number of rotatable bonds is 14. The molecule has 6 nitrogen and oxygen atoms in total. The molecule has 2 aromatic rings. The number of carbonyl (C=O) groups is 2. The number of nitrogens with zero attached hydrogens (tertiary/aromatic N) is 3. The number of aliphatic carboxylic acids is 1. The molecular weight excluding hydrogens is 563 g/mol. The van der Waals surface area contributed by atoms with Crippen LogP contribution in [0, 0.1) is 17.8 Å². The van der Waals surface area contributed by atoms with Crippen molar-refractivity contribution in [2.24, 2.45) is 17.8 Å². The highest BCUT2D eigenvalue weighted by Gasteiger charge is 2.53. The summed E-state index contributed by atoms with van der Waals surface area (Å²) < 4.78 is 2.68. The summed E-state index contributed by atoms with van der Waals surface area (Å²) in [7, 11) is 0. The molecule has 0 atom stereocenters. The maximum Gasteiger partial charge on any atom is 0.303 e. The Hall–Kier alpha value is -2.45. The first kappa shape index (κ1) is 29.6. The average Bonchev–Trinajstić information content (AvgIpc) is 3.50. The molecule has 1 N–H and O–H groups in total. The van der Waals surface area contributed by atoms with Gasteiger partial charge in [-0.2, -0.15) is 5.10 Å². The minimum atomic E-state index is -0.703. The third-order valence-corrected chi connectivity index (χ3v) is 11.4. The van der Waals surface area contributed by atoms with Crippen LogP contribution >= 0.6 is 24.0 Å². The SMILES string of the molecule is O=C(O)CCCCCCCCCCN1C(=O)C(=Cc2cn(-c3ccccc3)nc2C23CC4CC(CC(C4)C2)C3)SC1=S. The molecule has 1 aliphatic heterocycles. The zero-order valence-electron chi connectivity index (χ0n) is 24.5. The number of amides is 1. The van der Waals surface area contributed by atoms with Crippen molar-refractivity contribution in [1.29, 1.82) is 0 Å². The second-order valence-corrected chi connectivity index (χ2v) is 14.9. The molecule has 1 saturated heterocycles. The number of hydrogen-bond donors (Lipinski definition) is 1. The van der Waals surface area contributed by atoms with Crippen LogP contribution in [0.4, 0.5) is 0 Å². The maximum atomic E-state index is 13.6. The normalized spacial score (nSPS) is 27.5. The quantitative estimate of drug-likeness (QED) is 0.133. The molecule has 5 aliphatic rings. The van der Waals surface area contributed by atoms with Gasteiger partial charge >= 0.3 is 5.97 Å². The van der Waals surface area contributed by atoms with Crippen molar-refractivity contribution in [2.45, 2.75) is 102 Å². The Kier molecular flexibility index (Phi) is 9.20. The van der Waals surface area contributed by atoms with E-state index in [1.165, 1.54) is 56.0 Å². The minimum absolute atomic E-state index is 0.0346. The van der Waals surface area contributed by atoms with Crippen LogP contribution in [-0.2, 0) is 15.0 Å². The molecular formula is C34H43N3O3S2. The van der Waals surface area contributed by atoms with Gasteiger partial charge in [-0.15, -0.1) is 0 Å². The Labute approximate surface area is 259 Å². The van der Waals surface area contributed by atoms with Gasteiger partial charge in [-0.25, -0.2) is 4.68 Å². The first-order valence-corrected chi connectivity index (χ1v) is 17.3. The van der Waals surface area contributed by atoms with Crippen LogP contribution in [0.15, 0.2) is 41.4 Å². The summed E-state index contributed by atoms with van der Waals surface area (Å²) in [5.41, 5.74) is 3.46. The summed E-state index contributed by atoms with van der Waals surface area (Å²) in [6.45, 7) is 0.672. The van der Waals surface area contributed by atoms with E-state index in [0.717, 1.165) is 85.3 Å². The largest absolute Gasteiger partial charge is 0.481 e. The molecule has 42 heavy (non-hydrogen) atoms. The van der Waals surface area contributed by atoms with Crippen molar-refractivity contribution in [2.75, 3.05) is 6.54 Å². The number of thiocarbonyl (C=S) groups is 1. The number of carboxylic acid groups (broad SMARTS) is 1. The van der Waals surface area contributed by atoms with Gasteiger partial charge in [0.05, 0.1) is 16.3 Å². The standard InChI is InChI=1S/C34H43N3O3S2/c38-30(39)14-10-5-3-1-2-4-6-11-15-36-32(40)29(42-33(36)41)19-27-23-37(28-12-8-7-9-13-28)35-31(27)34-20-24-16-25(21-34)18-26(17-24)22-34/h7-9,12-13,19,23-26H,1-6,10-11,14-18,20-22H2,(H,38,39). The minimum Gasteiger partial charge on any atom is -0.481 e. The van der Waals surface area contributed by atoms with Gasteiger partial charge in [-0.3, -0.25) is 14.5 Å². The van der Waals surface area contributed by atoms with Crippen molar-refractivity contribution in [1.82, 2.24) is 14.7 Å². The van der Waals surface area contributed by atoms with Gasteiger partial charge in [0.2, 0.25) is 0 Å². The molecule has 0 spiro atoms. The second-order valence-electron chi connectivity index (χ2n) is 13.2. The van der Waals surface area contributed by atoms with Crippen molar-refractivity contribution in [3.8, 4) is 5.69 Å². The van der Waals surface area contributed by atoms with Crippen LogP contribution in [-0.4, -0.2) is 42.5 Å². The fourth-order valence-electron chi connectivity index (χ4n) is 8.46. The zero-order chi connectivity index (χ0) is 29.1. The molecule has 8 heteroatoms. The lowest BCUT2D eigenvalue weighted by molar-refractivity contribution is -0.137. The first-order chi connectivity index (χ1) is 20.4. The number of carbonyl (C=O) groups excluding carboxylic acids is 1. The van der Waals surface area contributed by atoms with E-state index in [2.05, 4.69) is 36.5 Å². The highest BCUT2D eigenvalue weighted by Crippen LogP contribution is 2.61. The van der Waals surface area contributed by atoms with Crippen LogP contribution in [0.25, 0.3) is 11.8 Å². The van der Waals surface area contributed by atoms with Gasteiger partial charge in [0.25, 0.3) is 5.91 Å². The second kappa shape index (κ2) is 13.0. The maximum absolute atomic E-state index is 13.6. The molecule has 1 aromatic heterocycles. The Morgan fingerprint density at radius 3 is 2.17 bits per heavy atom. The van der Waals surface area contributed by atoms with Gasteiger partial charge < -0.3 is 5.11 Å². The number of aromatic nitrogens is 2. The molecule has 7 rings (SSSR count). The summed E-state index contributed by atoms with van der Waals surface area (Å²) in [6.07, 6.45) is 20.7. The molecule has 4 bridgehead atoms. The molecule has 0 radical (unpaired) electrons. The molecule has 1 aromatic carbocycles. The van der Waals surface area contributed by atoms with Gasteiger partial charge in [-0.05, 0) is 87.3 Å². The van der Waals surface area contributed by atoms with Gasteiger partial charge in [0, 0.05) is 30.1 Å². The summed E-state index contributed by atoms with van der Waals surface area (Å²) in [4.78, 5) is 26.7. The Morgan fingerprint density at radius 1 is 0.952 bits per heavy atom. The lowest BCUT2D eigenvalue weighted by atomic mass is 9.48. The molecule has 5 fully saturated rings. The predicted octanol–water partition coefficient (Wildman–Crippen LogP) is 8.14. The van der Waals surface area contributed by atoms with E-state index in [1.54, 1.807) is 4.90 Å². The number of carboxylic acids is 1. The summed E-state index contributed by atoms with van der Waals surface area (Å²) >= 11 is 7.12. The van der Waals surface area contributed by atoms with Crippen molar-refractivity contribution in [3.05, 3.63) is 52.7 Å². The van der Waals surface area contributed by atoms with Crippen molar-refractivity contribution < 1.29 is 14.7 Å². The molecule has 224 valence electrons. The Balaban J connectivity index is 1.11. The van der Waals surface area contributed by atoms with Gasteiger partial charge in [0.15, 0.2) is 0 Å². The van der Waals surface area contributed by atoms with E-state index in [9.17, 15) is 9.59 Å². The summed E-state index contributed by atoms with van der Waals surface area (Å²) in [6, 6.07) is 10.3. The molecule has 0 unspecified atom stereocenters. The fourth-order valence-corrected chi connectivity index (χ4v) is 9.76. The van der Waals surface area contributed by atoms with Crippen molar-refractivity contribution >= 4 is 46.3 Å². The van der Waals surface area contributed by atoms with Crippen LogP contribution in [0.5, 0.6) is 0 Å². The zero-order valence-corrected chi connectivity index (χ0v) is 26.1. The van der Waals surface area contributed by atoms with Crippen LogP contribution in [0.1, 0.15) is 108 Å². The van der Waals surface area contributed by atoms with E-state index < -0.39 is 5.97 Å². The number of unbranched alkanes of at least 4 members (excludes halogenated alkanes) is 7. The third kappa shape index (κ3) is 6.54. The van der Waals surface area contributed by atoms with Gasteiger partial charge in [-0.1, -0.05) is 80.7 Å². The average molecular weight is 606 g/mol. The molecule has 4 saturated carbocycles. The van der Waals surface area contributed by atoms with Crippen molar-refractivity contribution in [3.63, 3.8) is 0 Å². The Bertz CT molecular complexity index is 1300. The summed E-state index contributed by atoms with van der Waals surface area (Å²) in [5, 5.41) is 14.0. The number of thioether (sulfide) groups is 1. The van der Waals surface area contributed by atoms with E-state index in [0.29, 0.717) is 10.9 Å². The predicted molar refractivity (Wildman–Crippen MR) is 172 cm³/mol. The first-order valence-electron chi connectivity index (χ1n) is 16.0. The third-order valence-electron chi connectivity index (χ3n) is 9.99. The van der Waals surface area contributed by atoms with Crippen LogP contribution in [0.3, 0.4) is 0 Å². The van der Waals surface area contributed by atoms with E-state index >= 15 is 0 Å². The number of benzene rings is 1. The fraction of sp³-hybridized carbons (Fsp3) is 0.588. The number of hydrogen-bond acceptors (Lipinski definition) is 5. The van der Waals surface area contributed by atoms with E-state index in [-0.39, 0.29) is 17.7 Å². The van der Waals surface area contributed by atoms with Crippen LogP contribution < -0.4 is 0 Å². The smallest absolute Gasteiger partial charge is 0.303 e. The molecule has 2 heterocycles. The van der Waals surface area contributed by atoms with E-state index in [4.69, 9.17) is 22.4 Å². The monoisotopic (exact) mass is 605 g/mol. The topological polar surface area (TPSA) is 75.4 Å². The number of para-hydroxylation sites is 1. The highest BCUT2D eigenvalue weighted by atomic mass is 32.2. The van der Waals surface area contributed by atoms with Crippen LogP contribution in [0.2, 0.25) is 0 Å². The van der Waals surface area contributed by atoms with E-state index in [1.807, 2.05) is 10.7 Å². The Morgan fingerprint density at radius 2 is 1.55 bits per heavy atom. The molecule has 1 amide bonds. The van der Waals surface area contributed by atoms with Gasteiger partial charge in [0.1, 0.15) is 4.32 Å². The lowest BCUT2D eigenvalue weighted by Gasteiger charge is -2.56. The molecule has 4 aliphatic carbocycles. The highest BCUT2D eigenvalue weighted by molar-refractivity contribution is 8.26.